The van der Waals surface area contributed by atoms with E-state index in [-0.39, 0.29) is 5.92 Å². The predicted octanol–water partition coefficient (Wildman–Crippen LogP) is 3.91. The molecule has 1 heterocycles. The summed E-state index contributed by atoms with van der Waals surface area (Å²) >= 11 is 3.43. The first-order valence-corrected chi connectivity index (χ1v) is 8.19. The zero-order chi connectivity index (χ0) is 15.2. The molecule has 0 bridgehead atoms. The number of halogens is 1. The molecule has 5 heteroatoms. The summed E-state index contributed by atoms with van der Waals surface area (Å²) in [4.78, 5) is 4.53. The lowest BCUT2D eigenvalue weighted by Gasteiger charge is -2.17. The van der Waals surface area contributed by atoms with Crippen LogP contribution in [0.4, 0.5) is 0 Å². The molecule has 1 aromatic carbocycles. The number of hydrogen-bond donors (Lipinski definition) is 1. The lowest BCUT2D eigenvalue weighted by atomic mass is 10.0. The fraction of sp³-hybridized carbons (Fsp3) is 0.500. The molecule has 2 atom stereocenters. The molecule has 0 radical (unpaired) electrons. The van der Waals surface area contributed by atoms with Gasteiger partial charge in [-0.2, -0.15) is 4.98 Å². The summed E-state index contributed by atoms with van der Waals surface area (Å²) in [7, 11) is 0. The van der Waals surface area contributed by atoms with Crippen molar-refractivity contribution in [3.05, 3.63) is 46.0 Å². The first kappa shape index (κ1) is 16.2. The van der Waals surface area contributed by atoms with E-state index in [1.807, 2.05) is 12.1 Å². The molecule has 0 aliphatic carbocycles. The highest BCUT2D eigenvalue weighted by molar-refractivity contribution is 9.10. The SMILES string of the molecule is CCCNC(C)C(C)c1nc(Cc2ccc(Br)cc2)no1. The van der Waals surface area contributed by atoms with Crippen LogP contribution in [0.15, 0.2) is 33.3 Å². The summed E-state index contributed by atoms with van der Waals surface area (Å²) < 4.78 is 6.49. The predicted molar refractivity (Wildman–Crippen MR) is 87.4 cm³/mol. The summed E-state index contributed by atoms with van der Waals surface area (Å²) in [5, 5.41) is 7.55. The number of benzene rings is 1. The van der Waals surface area contributed by atoms with Gasteiger partial charge in [-0.1, -0.05) is 47.1 Å². The van der Waals surface area contributed by atoms with Gasteiger partial charge in [-0.25, -0.2) is 0 Å². The molecule has 0 fully saturated rings. The Morgan fingerprint density at radius 3 is 2.62 bits per heavy atom. The summed E-state index contributed by atoms with van der Waals surface area (Å²) in [5.41, 5.74) is 1.18. The summed E-state index contributed by atoms with van der Waals surface area (Å²) in [6.45, 7) is 7.43. The van der Waals surface area contributed by atoms with Crippen LogP contribution in [0.1, 0.15) is 50.4 Å². The Hall–Kier alpha value is -1.20. The fourth-order valence-corrected chi connectivity index (χ4v) is 2.34. The maximum Gasteiger partial charge on any atom is 0.231 e. The van der Waals surface area contributed by atoms with Gasteiger partial charge < -0.3 is 9.84 Å². The van der Waals surface area contributed by atoms with Crippen LogP contribution in [0.5, 0.6) is 0 Å². The van der Waals surface area contributed by atoms with E-state index in [2.05, 4.69) is 64.3 Å². The lowest BCUT2D eigenvalue weighted by molar-refractivity contribution is 0.328. The van der Waals surface area contributed by atoms with E-state index in [1.165, 1.54) is 5.56 Å². The van der Waals surface area contributed by atoms with Crippen molar-refractivity contribution in [1.82, 2.24) is 15.5 Å². The third-order valence-electron chi connectivity index (χ3n) is 3.62. The first-order chi connectivity index (χ1) is 10.1. The van der Waals surface area contributed by atoms with E-state index in [1.54, 1.807) is 0 Å². The molecule has 1 aromatic heterocycles. The Morgan fingerprint density at radius 2 is 1.95 bits per heavy atom. The number of hydrogen-bond acceptors (Lipinski definition) is 4. The maximum atomic E-state index is 5.41. The van der Waals surface area contributed by atoms with Gasteiger partial charge in [0.2, 0.25) is 5.89 Å². The quantitative estimate of drug-likeness (QED) is 0.821. The molecule has 0 saturated carbocycles. The fourth-order valence-electron chi connectivity index (χ4n) is 2.07. The van der Waals surface area contributed by atoms with Crippen molar-refractivity contribution in [2.75, 3.05) is 6.54 Å². The van der Waals surface area contributed by atoms with Crippen molar-refractivity contribution in [3.8, 4) is 0 Å². The van der Waals surface area contributed by atoms with Crippen LogP contribution in [0.25, 0.3) is 0 Å². The highest BCUT2D eigenvalue weighted by atomic mass is 79.9. The van der Waals surface area contributed by atoms with Crippen molar-refractivity contribution >= 4 is 15.9 Å². The molecule has 0 aliphatic heterocycles. The minimum Gasteiger partial charge on any atom is -0.339 e. The smallest absolute Gasteiger partial charge is 0.231 e. The average Bonchev–Trinajstić information content (AvgIpc) is 2.95. The van der Waals surface area contributed by atoms with Gasteiger partial charge >= 0.3 is 0 Å². The molecule has 2 rings (SSSR count). The molecule has 2 unspecified atom stereocenters. The van der Waals surface area contributed by atoms with Crippen LogP contribution >= 0.6 is 15.9 Å². The van der Waals surface area contributed by atoms with Crippen molar-refractivity contribution in [2.24, 2.45) is 0 Å². The second-order valence-corrected chi connectivity index (χ2v) is 6.30. The molecule has 0 spiro atoms. The van der Waals surface area contributed by atoms with Gasteiger partial charge in [0, 0.05) is 16.9 Å². The second kappa shape index (κ2) is 7.71. The molecule has 1 N–H and O–H groups in total. The highest BCUT2D eigenvalue weighted by Gasteiger charge is 2.20. The van der Waals surface area contributed by atoms with Gasteiger partial charge in [0.15, 0.2) is 5.82 Å². The number of nitrogens with one attached hydrogen (secondary N) is 1. The van der Waals surface area contributed by atoms with E-state index in [0.717, 1.165) is 23.3 Å². The number of rotatable bonds is 7. The first-order valence-electron chi connectivity index (χ1n) is 7.40. The minimum absolute atomic E-state index is 0.211. The zero-order valence-corrected chi connectivity index (χ0v) is 14.4. The highest BCUT2D eigenvalue weighted by Crippen LogP contribution is 2.18. The Bertz CT molecular complexity index is 553. The minimum atomic E-state index is 0.211. The summed E-state index contributed by atoms with van der Waals surface area (Å²) in [6.07, 6.45) is 1.82. The van der Waals surface area contributed by atoms with E-state index >= 15 is 0 Å². The number of aromatic nitrogens is 2. The van der Waals surface area contributed by atoms with Crippen molar-refractivity contribution in [2.45, 2.75) is 45.6 Å². The van der Waals surface area contributed by atoms with Gasteiger partial charge in [0.05, 0.1) is 5.92 Å². The van der Waals surface area contributed by atoms with Crippen LogP contribution < -0.4 is 5.32 Å². The summed E-state index contributed by atoms with van der Waals surface area (Å²) in [6, 6.07) is 8.50. The standard InChI is InChI=1S/C16H22BrN3O/c1-4-9-18-12(3)11(2)16-19-15(20-21-16)10-13-5-7-14(17)8-6-13/h5-8,11-12,18H,4,9-10H2,1-3H3. The molecule has 21 heavy (non-hydrogen) atoms. The molecule has 2 aromatic rings. The maximum absolute atomic E-state index is 5.41. The molecule has 4 nitrogen and oxygen atoms in total. The summed E-state index contributed by atoms with van der Waals surface area (Å²) in [5.74, 6) is 1.66. The molecule has 0 amide bonds. The molecular weight excluding hydrogens is 330 g/mol. The van der Waals surface area contributed by atoms with E-state index in [9.17, 15) is 0 Å². The Kier molecular flexibility index (Phi) is 5.94. The van der Waals surface area contributed by atoms with Crippen molar-refractivity contribution < 1.29 is 4.52 Å². The van der Waals surface area contributed by atoms with Crippen LogP contribution in [0.3, 0.4) is 0 Å². The Labute approximate surface area is 134 Å². The largest absolute Gasteiger partial charge is 0.339 e. The van der Waals surface area contributed by atoms with Crippen LogP contribution in [0, 0.1) is 0 Å². The second-order valence-electron chi connectivity index (χ2n) is 5.38. The van der Waals surface area contributed by atoms with Gasteiger partial charge in [0.1, 0.15) is 0 Å². The Balaban J connectivity index is 1.98. The van der Waals surface area contributed by atoms with Gasteiger partial charge in [-0.05, 0) is 37.6 Å². The van der Waals surface area contributed by atoms with Crippen LogP contribution in [-0.2, 0) is 6.42 Å². The van der Waals surface area contributed by atoms with Gasteiger partial charge in [-0.3, -0.25) is 0 Å². The molecular formula is C16H22BrN3O. The molecule has 0 aliphatic rings. The zero-order valence-electron chi connectivity index (χ0n) is 12.8. The van der Waals surface area contributed by atoms with E-state index in [4.69, 9.17) is 4.52 Å². The third-order valence-corrected chi connectivity index (χ3v) is 4.14. The van der Waals surface area contributed by atoms with E-state index in [0.29, 0.717) is 18.4 Å². The Morgan fingerprint density at radius 1 is 1.24 bits per heavy atom. The van der Waals surface area contributed by atoms with E-state index < -0.39 is 0 Å². The molecule has 114 valence electrons. The topological polar surface area (TPSA) is 51.0 Å². The number of nitrogens with zero attached hydrogens (tertiary/aromatic N) is 2. The van der Waals surface area contributed by atoms with Crippen molar-refractivity contribution in [3.63, 3.8) is 0 Å². The lowest BCUT2D eigenvalue weighted by Crippen LogP contribution is -2.31. The van der Waals surface area contributed by atoms with Gasteiger partial charge in [-0.15, -0.1) is 0 Å². The third kappa shape index (κ3) is 4.64. The molecule has 0 saturated heterocycles. The monoisotopic (exact) mass is 351 g/mol. The normalized spacial score (nSPS) is 14.1. The van der Waals surface area contributed by atoms with Gasteiger partial charge in [0.25, 0.3) is 0 Å². The van der Waals surface area contributed by atoms with Crippen molar-refractivity contribution in [1.29, 1.82) is 0 Å². The van der Waals surface area contributed by atoms with Crippen LogP contribution in [0.2, 0.25) is 0 Å². The van der Waals surface area contributed by atoms with Crippen LogP contribution in [-0.4, -0.2) is 22.7 Å². The average molecular weight is 352 g/mol.